The van der Waals surface area contributed by atoms with Crippen LogP contribution in [0.4, 0.5) is 0 Å². The predicted molar refractivity (Wildman–Crippen MR) is 58.5 cm³/mol. The summed E-state index contributed by atoms with van der Waals surface area (Å²) in [6, 6.07) is 2.07. The molecule has 1 atom stereocenters. The number of carbonyl (C=O) groups is 2. The van der Waals surface area contributed by atoms with Crippen LogP contribution in [0.25, 0.3) is 0 Å². The molecule has 1 saturated heterocycles. The number of carbonyl (C=O) groups excluding carboxylic acids is 2. The number of hydrogen-bond acceptors (Lipinski definition) is 4. The van der Waals surface area contributed by atoms with E-state index in [1.807, 2.05) is 0 Å². The first-order valence-electron chi connectivity index (χ1n) is 5.27. The first kappa shape index (κ1) is 11.4. The number of nitrogens with zero attached hydrogens (tertiary/aromatic N) is 1. The van der Waals surface area contributed by atoms with Gasteiger partial charge in [0.25, 0.3) is 5.91 Å². The third-order valence-electron chi connectivity index (χ3n) is 2.71. The standard InChI is InChI=1S/C11H12N2O4/c1-7-10(15)12-4-5-13(7)11(16)8-2-3-9(14)17-6-8/h2-3,6-7H,4-5H2,1H3,(H,12,15). The molecule has 2 amide bonds. The molecule has 1 N–H and O–H groups in total. The highest BCUT2D eigenvalue weighted by molar-refractivity contribution is 5.97. The Labute approximate surface area is 97.2 Å². The van der Waals surface area contributed by atoms with Crippen LogP contribution in [-0.2, 0) is 4.79 Å². The van der Waals surface area contributed by atoms with Crippen LogP contribution in [-0.4, -0.2) is 35.8 Å². The van der Waals surface area contributed by atoms with Gasteiger partial charge in [0.05, 0.1) is 5.56 Å². The average Bonchev–Trinajstić information content (AvgIpc) is 2.33. The zero-order valence-corrected chi connectivity index (χ0v) is 9.30. The van der Waals surface area contributed by atoms with Crippen LogP contribution in [0.1, 0.15) is 17.3 Å². The molecule has 2 rings (SSSR count). The van der Waals surface area contributed by atoms with Gasteiger partial charge in [-0.3, -0.25) is 9.59 Å². The van der Waals surface area contributed by atoms with Crippen molar-refractivity contribution < 1.29 is 14.0 Å². The van der Waals surface area contributed by atoms with Gasteiger partial charge in [0.15, 0.2) is 0 Å². The fourth-order valence-corrected chi connectivity index (χ4v) is 1.71. The van der Waals surface area contributed by atoms with Crippen LogP contribution >= 0.6 is 0 Å². The lowest BCUT2D eigenvalue weighted by Crippen LogP contribution is -2.55. The second-order valence-corrected chi connectivity index (χ2v) is 3.81. The lowest BCUT2D eigenvalue weighted by molar-refractivity contribution is -0.127. The summed E-state index contributed by atoms with van der Waals surface area (Å²) in [6.45, 7) is 2.54. The Kier molecular flexibility index (Phi) is 2.95. The third-order valence-corrected chi connectivity index (χ3v) is 2.71. The smallest absolute Gasteiger partial charge is 0.335 e. The summed E-state index contributed by atoms with van der Waals surface area (Å²) in [7, 11) is 0. The van der Waals surface area contributed by atoms with Crippen molar-refractivity contribution in [1.29, 1.82) is 0 Å². The average molecular weight is 236 g/mol. The van der Waals surface area contributed by atoms with Gasteiger partial charge in [0.1, 0.15) is 12.3 Å². The minimum absolute atomic E-state index is 0.179. The molecule has 0 spiro atoms. The van der Waals surface area contributed by atoms with Crippen molar-refractivity contribution in [2.75, 3.05) is 13.1 Å². The van der Waals surface area contributed by atoms with E-state index >= 15 is 0 Å². The summed E-state index contributed by atoms with van der Waals surface area (Å²) in [5, 5.41) is 2.67. The van der Waals surface area contributed by atoms with Gasteiger partial charge in [-0.15, -0.1) is 0 Å². The van der Waals surface area contributed by atoms with Crippen molar-refractivity contribution in [2.24, 2.45) is 0 Å². The van der Waals surface area contributed by atoms with Crippen LogP contribution in [0, 0.1) is 0 Å². The van der Waals surface area contributed by atoms with Gasteiger partial charge in [0, 0.05) is 19.2 Å². The maximum absolute atomic E-state index is 12.1. The van der Waals surface area contributed by atoms with Crippen LogP contribution in [0.2, 0.25) is 0 Å². The van der Waals surface area contributed by atoms with Crippen molar-refractivity contribution >= 4 is 11.8 Å². The SMILES string of the molecule is CC1C(=O)NCCN1C(=O)c1ccc(=O)oc1. The molecule has 1 aromatic rings. The molecule has 0 aromatic carbocycles. The van der Waals surface area contributed by atoms with Crippen molar-refractivity contribution in [3.8, 4) is 0 Å². The van der Waals surface area contributed by atoms with E-state index in [4.69, 9.17) is 0 Å². The summed E-state index contributed by atoms with van der Waals surface area (Å²) >= 11 is 0. The molecule has 1 unspecified atom stereocenters. The minimum Gasteiger partial charge on any atom is -0.430 e. The monoisotopic (exact) mass is 236 g/mol. The normalized spacial score (nSPS) is 19.9. The highest BCUT2D eigenvalue weighted by Crippen LogP contribution is 2.09. The number of hydrogen-bond donors (Lipinski definition) is 1. The van der Waals surface area contributed by atoms with Crippen molar-refractivity contribution in [3.05, 3.63) is 34.4 Å². The van der Waals surface area contributed by atoms with E-state index in [0.717, 1.165) is 6.26 Å². The number of rotatable bonds is 1. The highest BCUT2D eigenvalue weighted by atomic mass is 16.4. The summed E-state index contributed by atoms with van der Waals surface area (Å²) in [4.78, 5) is 35.7. The van der Waals surface area contributed by atoms with Gasteiger partial charge < -0.3 is 14.6 Å². The number of amides is 2. The summed E-state index contributed by atoms with van der Waals surface area (Å²) in [5.74, 6) is -0.488. The molecule has 0 radical (unpaired) electrons. The van der Waals surface area contributed by atoms with Crippen LogP contribution in [0.3, 0.4) is 0 Å². The largest absolute Gasteiger partial charge is 0.430 e. The molecule has 2 heterocycles. The van der Waals surface area contributed by atoms with Gasteiger partial charge in [0.2, 0.25) is 5.91 Å². The zero-order chi connectivity index (χ0) is 12.4. The molecular weight excluding hydrogens is 224 g/mol. The maximum atomic E-state index is 12.1. The van der Waals surface area contributed by atoms with Crippen LogP contribution in [0.5, 0.6) is 0 Å². The van der Waals surface area contributed by atoms with Crippen molar-refractivity contribution in [2.45, 2.75) is 13.0 Å². The molecule has 90 valence electrons. The van der Waals surface area contributed by atoms with Gasteiger partial charge in [-0.2, -0.15) is 0 Å². The van der Waals surface area contributed by atoms with E-state index < -0.39 is 11.7 Å². The molecule has 1 fully saturated rings. The number of nitrogens with one attached hydrogen (secondary N) is 1. The summed E-state index contributed by atoms with van der Waals surface area (Å²) in [6.07, 6.45) is 1.11. The minimum atomic E-state index is -0.511. The third kappa shape index (κ3) is 2.20. The van der Waals surface area contributed by atoms with Crippen LogP contribution < -0.4 is 10.9 Å². The van der Waals surface area contributed by atoms with E-state index in [2.05, 4.69) is 9.73 Å². The molecule has 0 bridgehead atoms. The van der Waals surface area contributed by atoms with Gasteiger partial charge in [-0.1, -0.05) is 0 Å². The molecule has 6 heteroatoms. The topological polar surface area (TPSA) is 79.6 Å². The zero-order valence-electron chi connectivity index (χ0n) is 9.30. The second kappa shape index (κ2) is 4.40. The van der Waals surface area contributed by atoms with E-state index in [1.54, 1.807) is 6.92 Å². The Balaban J connectivity index is 2.22. The van der Waals surface area contributed by atoms with E-state index in [1.165, 1.54) is 17.0 Å². The van der Waals surface area contributed by atoms with Gasteiger partial charge in [-0.05, 0) is 13.0 Å². The Morgan fingerprint density at radius 1 is 1.47 bits per heavy atom. The molecule has 1 aromatic heterocycles. The Hall–Kier alpha value is -2.11. The molecule has 0 saturated carbocycles. The van der Waals surface area contributed by atoms with E-state index in [9.17, 15) is 14.4 Å². The predicted octanol–water partition coefficient (Wildman–Crippen LogP) is -0.400. The maximum Gasteiger partial charge on any atom is 0.335 e. The fourth-order valence-electron chi connectivity index (χ4n) is 1.71. The second-order valence-electron chi connectivity index (χ2n) is 3.81. The number of piperazine rings is 1. The summed E-state index contributed by atoms with van der Waals surface area (Å²) in [5.41, 5.74) is -0.239. The quantitative estimate of drug-likeness (QED) is 0.719. The Bertz CT molecular complexity index is 488. The van der Waals surface area contributed by atoms with Crippen molar-refractivity contribution in [1.82, 2.24) is 10.2 Å². The first-order chi connectivity index (χ1) is 8.09. The molecular formula is C11H12N2O4. The lowest BCUT2D eigenvalue weighted by Gasteiger charge is -2.32. The Morgan fingerprint density at radius 3 is 2.88 bits per heavy atom. The molecule has 6 nitrogen and oxygen atoms in total. The molecule has 0 aliphatic carbocycles. The van der Waals surface area contributed by atoms with Crippen molar-refractivity contribution in [3.63, 3.8) is 0 Å². The Morgan fingerprint density at radius 2 is 2.24 bits per heavy atom. The van der Waals surface area contributed by atoms with E-state index in [0.29, 0.717) is 13.1 Å². The fraction of sp³-hybridized carbons (Fsp3) is 0.364. The van der Waals surface area contributed by atoms with Gasteiger partial charge in [-0.25, -0.2) is 4.79 Å². The first-order valence-corrected chi connectivity index (χ1v) is 5.27. The van der Waals surface area contributed by atoms with Gasteiger partial charge >= 0.3 is 5.63 Å². The molecule has 1 aliphatic heterocycles. The van der Waals surface area contributed by atoms with E-state index in [-0.39, 0.29) is 17.4 Å². The summed E-state index contributed by atoms with van der Waals surface area (Å²) < 4.78 is 4.63. The highest BCUT2D eigenvalue weighted by Gasteiger charge is 2.29. The molecule has 1 aliphatic rings. The van der Waals surface area contributed by atoms with Crippen LogP contribution in [0.15, 0.2) is 27.6 Å². The lowest BCUT2D eigenvalue weighted by atomic mass is 10.1. The molecule has 17 heavy (non-hydrogen) atoms.